The lowest BCUT2D eigenvalue weighted by molar-refractivity contribution is -0.113. The molecule has 74 valence electrons. The molecule has 0 spiro atoms. The van der Waals surface area contributed by atoms with Gasteiger partial charge in [0.1, 0.15) is 11.6 Å². The first-order valence-corrected chi connectivity index (χ1v) is 4.42. The van der Waals surface area contributed by atoms with Crippen molar-refractivity contribution in [2.24, 2.45) is 5.73 Å². The normalized spacial score (nSPS) is 10.8. The molecule has 0 unspecified atom stereocenters. The van der Waals surface area contributed by atoms with Crippen LogP contribution in [0.1, 0.15) is 5.56 Å². The van der Waals surface area contributed by atoms with Crippen LogP contribution in [0.4, 0.5) is 8.78 Å². The minimum Gasteiger partial charge on any atom is -0.366 e. The van der Waals surface area contributed by atoms with Crippen LogP contribution in [0.3, 0.4) is 0 Å². The minimum absolute atomic E-state index is 0.285. The van der Waals surface area contributed by atoms with Crippen molar-refractivity contribution >= 4 is 27.9 Å². The summed E-state index contributed by atoms with van der Waals surface area (Å²) >= 11 is 2.93. The highest BCUT2D eigenvalue weighted by atomic mass is 79.9. The predicted octanol–water partition coefficient (Wildman–Crippen LogP) is 2.23. The minimum atomic E-state index is -0.758. The highest BCUT2D eigenvalue weighted by molar-refractivity contribution is 9.10. The molecule has 1 aromatic carbocycles. The summed E-state index contributed by atoms with van der Waals surface area (Å²) in [5, 5.41) is 0. The van der Waals surface area contributed by atoms with Gasteiger partial charge in [-0.25, -0.2) is 8.78 Å². The molecular formula is C9H6BrF2NO. The number of amides is 1. The van der Waals surface area contributed by atoms with Crippen LogP contribution in [0.15, 0.2) is 22.7 Å². The van der Waals surface area contributed by atoms with E-state index in [9.17, 15) is 13.6 Å². The largest absolute Gasteiger partial charge is 0.366 e. The Morgan fingerprint density at radius 2 is 1.86 bits per heavy atom. The molecule has 0 fully saturated rings. The molecular weight excluding hydrogens is 256 g/mol. The summed E-state index contributed by atoms with van der Waals surface area (Å²) in [5.41, 5.74) is 4.51. The van der Waals surface area contributed by atoms with Gasteiger partial charge >= 0.3 is 0 Å². The molecule has 0 aliphatic heterocycles. The fourth-order valence-corrected chi connectivity index (χ4v) is 1.28. The van der Waals surface area contributed by atoms with Crippen LogP contribution >= 0.6 is 15.9 Å². The Bertz CT molecular complexity index is 381. The highest BCUT2D eigenvalue weighted by Gasteiger charge is 2.07. The number of hydrogen-bond donors (Lipinski definition) is 1. The summed E-state index contributed by atoms with van der Waals surface area (Å²) in [4.78, 5) is 10.3. The summed E-state index contributed by atoms with van der Waals surface area (Å²) in [6, 6.07) is 2.20. The Morgan fingerprint density at radius 3 is 2.29 bits per heavy atom. The maximum Gasteiger partial charge on any atom is 0.241 e. The molecule has 1 aromatic rings. The van der Waals surface area contributed by atoms with Crippen molar-refractivity contribution in [3.05, 3.63) is 39.9 Å². The summed E-state index contributed by atoms with van der Waals surface area (Å²) in [6.07, 6.45) is 1.90. The van der Waals surface area contributed by atoms with E-state index >= 15 is 0 Å². The second kappa shape index (κ2) is 4.32. The first-order chi connectivity index (χ1) is 6.50. The van der Waals surface area contributed by atoms with Crippen LogP contribution < -0.4 is 5.73 Å². The van der Waals surface area contributed by atoms with Crippen LogP contribution in [0.5, 0.6) is 0 Å². The van der Waals surface area contributed by atoms with Gasteiger partial charge < -0.3 is 5.73 Å². The van der Waals surface area contributed by atoms with E-state index in [4.69, 9.17) is 5.73 Å². The molecule has 1 amide bonds. The van der Waals surface area contributed by atoms with Gasteiger partial charge in [-0.3, -0.25) is 4.79 Å². The molecule has 5 heteroatoms. The average Bonchev–Trinajstić information content (AvgIpc) is 2.01. The van der Waals surface area contributed by atoms with Crippen molar-refractivity contribution in [3.63, 3.8) is 0 Å². The number of benzene rings is 1. The van der Waals surface area contributed by atoms with Gasteiger partial charge in [0.25, 0.3) is 0 Å². The number of carbonyl (C=O) groups excluding carboxylic acids is 1. The number of nitrogens with two attached hydrogens (primary N) is 1. The molecule has 1 rings (SSSR count). The zero-order valence-corrected chi connectivity index (χ0v) is 8.51. The standard InChI is InChI=1S/C9H6BrF2NO/c10-5-3-7(11)6(8(12)4-5)1-2-9(13)14/h1-4H,(H2,13,14). The fraction of sp³-hybridized carbons (Fsp3) is 0. The van der Waals surface area contributed by atoms with Crippen molar-refractivity contribution in [2.75, 3.05) is 0 Å². The molecule has 0 bridgehead atoms. The molecule has 0 aliphatic rings. The molecule has 0 aromatic heterocycles. The third-order valence-corrected chi connectivity index (χ3v) is 1.92. The number of halogens is 3. The fourth-order valence-electron chi connectivity index (χ4n) is 0.878. The van der Waals surface area contributed by atoms with Crippen molar-refractivity contribution in [1.29, 1.82) is 0 Å². The lowest BCUT2D eigenvalue weighted by Gasteiger charge is -1.99. The van der Waals surface area contributed by atoms with Crippen molar-refractivity contribution in [2.45, 2.75) is 0 Å². The number of hydrogen-bond acceptors (Lipinski definition) is 1. The molecule has 0 atom stereocenters. The first-order valence-electron chi connectivity index (χ1n) is 3.63. The molecule has 2 nitrogen and oxygen atoms in total. The van der Waals surface area contributed by atoms with Gasteiger partial charge in [-0.15, -0.1) is 0 Å². The quantitative estimate of drug-likeness (QED) is 0.816. The lowest BCUT2D eigenvalue weighted by atomic mass is 10.2. The summed E-state index contributed by atoms with van der Waals surface area (Å²) in [5.74, 6) is -2.27. The van der Waals surface area contributed by atoms with Crippen LogP contribution in [0, 0.1) is 11.6 Å². The summed E-state index contributed by atoms with van der Waals surface area (Å²) in [7, 11) is 0. The zero-order chi connectivity index (χ0) is 10.7. The molecule has 0 saturated heterocycles. The molecule has 0 aliphatic carbocycles. The van der Waals surface area contributed by atoms with Crippen LogP contribution in [0.25, 0.3) is 6.08 Å². The lowest BCUT2D eigenvalue weighted by Crippen LogP contribution is -2.05. The molecule has 0 saturated carbocycles. The maximum absolute atomic E-state index is 13.1. The number of primary amides is 1. The van der Waals surface area contributed by atoms with Crippen LogP contribution in [0.2, 0.25) is 0 Å². The molecule has 0 radical (unpaired) electrons. The molecule has 14 heavy (non-hydrogen) atoms. The van der Waals surface area contributed by atoms with Crippen LogP contribution in [-0.4, -0.2) is 5.91 Å². The molecule has 2 N–H and O–H groups in total. The summed E-state index contributed by atoms with van der Waals surface area (Å²) < 4.78 is 26.5. The third-order valence-electron chi connectivity index (χ3n) is 1.46. The Morgan fingerprint density at radius 1 is 1.36 bits per heavy atom. The van der Waals surface area contributed by atoms with Gasteiger partial charge in [0.15, 0.2) is 0 Å². The smallest absolute Gasteiger partial charge is 0.241 e. The summed E-state index contributed by atoms with van der Waals surface area (Å²) in [6.45, 7) is 0. The maximum atomic E-state index is 13.1. The average molecular weight is 262 g/mol. The Labute approximate surface area is 87.5 Å². The third kappa shape index (κ3) is 2.63. The van der Waals surface area contributed by atoms with Gasteiger partial charge in [-0.05, 0) is 18.2 Å². The van der Waals surface area contributed by atoms with E-state index in [1.807, 2.05) is 0 Å². The van der Waals surface area contributed by atoms with E-state index in [1.165, 1.54) is 0 Å². The van der Waals surface area contributed by atoms with Gasteiger partial charge in [-0.2, -0.15) is 0 Å². The topological polar surface area (TPSA) is 43.1 Å². The number of carbonyl (C=O) groups is 1. The monoisotopic (exact) mass is 261 g/mol. The Balaban J connectivity index is 3.15. The van der Waals surface area contributed by atoms with E-state index in [1.54, 1.807) is 0 Å². The SMILES string of the molecule is NC(=O)C=Cc1c(F)cc(Br)cc1F. The van der Waals surface area contributed by atoms with Crippen LogP contribution in [-0.2, 0) is 4.79 Å². The second-order valence-electron chi connectivity index (χ2n) is 2.52. The van der Waals surface area contributed by atoms with Gasteiger partial charge in [-0.1, -0.05) is 15.9 Å². The van der Waals surface area contributed by atoms with E-state index in [2.05, 4.69) is 15.9 Å². The number of rotatable bonds is 2. The zero-order valence-electron chi connectivity index (χ0n) is 6.93. The van der Waals surface area contributed by atoms with Crippen molar-refractivity contribution in [1.82, 2.24) is 0 Å². The van der Waals surface area contributed by atoms with E-state index in [0.29, 0.717) is 4.47 Å². The van der Waals surface area contributed by atoms with Crippen molar-refractivity contribution in [3.8, 4) is 0 Å². The van der Waals surface area contributed by atoms with Gasteiger partial charge in [0, 0.05) is 16.1 Å². The van der Waals surface area contributed by atoms with Gasteiger partial charge in [0.2, 0.25) is 5.91 Å². The Kier molecular flexibility index (Phi) is 3.35. The van der Waals surface area contributed by atoms with Gasteiger partial charge in [0.05, 0.1) is 0 Å². The predicted molar refractivity (Wildman–Crippen MR) is 52.3 cm³/mol. The van der Waals surface area contributed by atoms with E-state index in [-0.39, 0.29) is 5.56 Å². The highest BCUT2D eigenvalue weighted by Crippen LogP contribution is 2.20. The Hall–Kier alpha value is -1.23. The van der Waals surface area contributed by atoms with E-state index in [0.717, 1.165) is 24.3 Å². The van der Waals surface area contributed by atoms with Crippen molar-refractivity contribution < 1.29 is 13.6 Å². The van der Waals surface area contributed by atoms with E-state index < -0.39 is 17.5 Å². The molecule has 0 heterocycles. The first kappa shape index (κ1) is 10.8. The second-order valence-corrected chi connectivity index (χ2v) is 3.43.